The van der Waals surface area contributed by atoms with E-state index in [9.17, 15) is 4.79 Å². The van der Waals surface area contributed by atoms with Crippen molar-refractivity contribution in [3.05, 3.63) is 47.5 Å². The van der Waals surface area contributed by atoms with Gasteiger partial charge in [0.1, 0.15) is 6.04 Å². The van der Waals surface area contributed by atoms with Gasteiger partial charge in [-0.05, 0) is 50.1 Å². The number of fused-ring (bicyclic) bond motifs is 1. The fraction of sp³-hybridized carbons (Fsp3) is 0.350. The van der Waals surface area contributed by atoms with Crippen molar-refractivity contribution in [1.82, 2.24) is 0 Å². The number of carbonyl (C=O) groups excluding carboxylic acids is 1. The van der Waals surface area contributed by atoms with Crippen LogP contribution in [0.25, 0.3) is 0 Å². The van der Waals surface area contributed by atoms with Crippen molar-refractivity contribution in [2.45, 2.75) is 33.2 Å². The van der Waals surface area contributed by atoms with Gasteiger partial charge in [0, 0.05) is 23.9 Å². The van der Waals surface area contributed by atoms with E-state index in [1.807, 2.05) is 57.2 Å². The quantitative estimate of drug-likeness (QED) is 0.886. The van der Waals surface area contributed by atoms with Gasteiger partial charge in [-0.3, -0.25) is 4.79 Å². The van der Waals surface area contributed by atoms with Crippen molar-refractivity contribution in [2.24, 2.45) is 0 Å². The molecule has 0 aliphatic carbocycles. The molecule has 5 heteroatoms. The van der Waals surface area contributed by atoms with Gasteiger partial charge in [0.25, 0.3) is 0 Å². The number of hydrogen-bond donors (Lipinski definition) is 2. The molecular weight excluding hydrogens is 316 g/mol. The molecule has 1 amide bonds. The standard InChI is InChI=1S/C20H24N2O3/c1-13-5-6-14(2)17(11-13)22-20(23)15(3)21-16-7-8-18-19(12-16)25-10-4-9-24-18/h5-8,11-12,15,21H,4,9-10H2,1-3H3,(H,22,23). The summed E-state index contributed by atoms with van der Waals surface area (Å²) >= 11 is 0. The van der Waals surface area contributed by atoms with E-state index in [2.05, 4.69) is 10.6 Å². The van der Waals surface area contributed by atoms with E-state index < -0.39 is 0 Å². The van der Waals surface area contributed by atoms with Crippen LogP contribution in [0, 0.1) is 13.8 Å². The highest BCUT2D eigenvalue weighted by Crippen LogP contribution is 2.32. The molecule has 5 nitrogen and oxygen atoms in total. The van der Waals surface area contributed by atoms with Gasteiger partial charge < -0.3 is 20.1 Å². The minimum absolute atomic E-state index is 0.0826. The Balaban J connectivity index is 1.67. The van der Waals surface area contributed by atoms with Gasteiger partial charge >= 0.3 is 0 Å². The Bertz CT molecular complexity index is 774. The Morgan fingerprint density at radius 2 is 1.80 bits per heavy atom. The molecule has 25 heavy (non-hydrogen) atoms. The molecule has 0 aromatic heterocycles. The smallest absolute Gasteiger partial charge is 0.246 e. The van der Waals surface area contributed by atoms with E-state index in [0.717, 1.165) is 34.7 Å². The molecule has 2 aromatic rings. The fourth-order valence-electron chi connectivity index (χ4n) is 2.68. The second kappa shape index (κ2) is 7.47. The second-order valence-corrected chi connectivity index (χ2v) is 6.39. The molecule has 1 aliphatic rings. The lowest BCUT2D eigenvalue weighted by Gasteiger charge is -2.17. The summed E-state index contributed by atoms with van der Waals surface area (Å²) in [4.78, 5) is 12.5. The third-order valence-electron chi connectivity index (χ3n) is 4.17. The highest BCUT2D eigenvalue weighted by molar-refractivity contribution is 5.96. The van der Waals surface area contributed by atoms with Gasteiger partial charge in [-0.2, -0.15) is 0 Å². The summed E-state index contributed by atoms with van der Waals surface area (Å²) in [6, 6.07) is 11.3. The molecule has 1 unspecified atom stereocenters. The highest BCUT2D eigenvalue weighted by atomic mass is 16.5. The van der Waals surface area contributed by atoms with Crippen LogP contribution in [0.5, 0.6) is 11.5 Å². The minimum atomic E-state index is -0.385. The van der Waals surface area contributed by atoms with Crippen LogP contribution in [-0.2, 0) is 4.79 Å². The number of amides is 1. The lowest BCUT2D eigenvalue weighted by Crippen LogP contribution is -2.32. The van der Waals surface area contributed by atoms with Gasteiger partial charge in [0.15, 0.2) is 11.5 Å². The summed E-state index contributed by atoms with van der Waals surface area (Å²) in [7, 11) is 0. The van der Waals surface area contributed by atoms with Crippen molar-refractivity contribution in [2.75, 3.05) is 23.8 Å². The SMILES string of the molecule is Cc1ccc(C)c(NC(=O)C(C)Nc2ccc3c(c2)OCCCO3)c1. The van der Waals surface area contributed by atoms with Crippen LogP contribution >= 0.6 is 0 Å². The highest BCUT2D eigenvalue weighted by Gasteiger charge is 2.16. The molecule has 0 saturated carbocycles. The zero-order chi connectivity index (χ0) is 17.8. The molecule has 0 saturated heterocycles. The molecule has 1 aliphatic heterocycles. The molecule has 2 N–H and O–H groups in total. The third-order valence-corrected chi connectivity index (χ3v) is 4.17. The average molecular weight is 340 g/mol. The molecule has 0 fully saturated rings. The second-order valence-electron chi connectivity index (χ2n) is 6.39. The van der Waals surface area contributed by atoms with Crippen LogP contribution in [0.15, 0.2) is 36.4 Å². The zero-order valence-corrected chi connectivity index (χ0v) is 14.9. The summed E-state index contributed by atoms with van der Waals surface area (Å²) in [5.41, 5.74) is 3.83. The van der Waals surface area contributed by atoms with Crippen LogP contribution < -0.4 is 20.1 Å². The monoisotopic (exact) mass is 340 g/mol. The van der Waals surface area contributed by atoms with Crippen molar-refractivity contribution in [3.8, 4) is 11.5 Å². The first-order valence-corrected chi connectivity index (χ1v) is 8.57. The maximum atomic E-state index is 12.5. The summed E-state index contributed by atoms with van der Waals surface area (Å²) in [6.07, 6.45) is 0.867. The van der Waals surface area contributed by atoms with Crippen LogP contribution in [0.3, 0.4) is 0 Å². The van der Waals surface area contributed by atoms with E-state index in [4.69, 9.17) is 9.47 Å². The molecule has 2 aromatic carbocycles. The number of hydrogen-bond acceptors (Lipinski definition) is 4. The summed E-state index contributed by atoms with van der Waals surface area (Å²) in [5.74, 6) is 1.38. The fourth-order valence-corrected chi connectivity index (χ4v) is 2.68. The van der Waals surface area contributed by atoms with E-state index in [-0.39, 0.29) is 11.9 Å². The predicted octanol–water partition coefficient (Wildman–Crippen LogP) is 3.90. The van der Waals surface area contributed by atoms with E-state index in [1.54, 1.807) is 0 Å². The molecule has 1 atom stereocenters. The largest absolute Gasteiger partial charge is 0.490 e. The van der Waals surface area contributed by atoms with Crippen molar-refractivity contribution >= 4 is 17.3 Å². The summed E-state index contributed by atoms with van der Waals surface area (Å²) < 4.78 is 11.3. The Labute approximate surface area is 148 Å². The number of benzene rings is 2. The lowest BCUT2D eigenvalue weighted by atomic mass is 10.1. The molecular formula is C20H24N2O3. The Morgan fingerprint density at radius 3 is 2.60 bits per heavy atom. The molecule has 0 spiro atoms. The Hall–Kier alpha value is -2.69. The Kier molecular flexibility index (Phi) is 5.12. The van der Waals surface area contributed by atoms with Crippen LogP contribution in [0.1, 0.15) is 24.5 Å². The first-order chi connectivity index (χ1) is 12.0. The topological polar surface area (TPSA) is 59.6 Å². The lowest BCUT2D eigenvalue weighted by molar-refractivity contribution is -0.116. The van der Waals surface area contributed by atoms with Gasteiger partial charge in [0.05, 0.1) is 13.2 Å². The normalized spacial score (nSPS) is 14.4. The summed E-state index contributed by atoms with van der Waals surface area (Å²) in [5, 5.41) is 6.20. The van der Waals surface area contributed by atoms with E-state index in [0.29, 0.717) is 19.0 Å². The number of rotatable bonds is 4. The van der Waals surface area contributed by atoms with Crippen LogP contribution in [-0.4, -0.2) is 25.2 Å². The van der Waals surface area contributed by atoms with E-state index in [1.165, 1.54) is 0 Å². The third kappa shape index (κ3) is 4.24. The number of ether oxygens (including phenoxy) is 2. The first kappa shape index (κ1) is 17.1. The first-order valence-electron chi connectivity index (χ1n) is 8.57. The molecule has 0 bridgehead atoms. The minimum Gasteiger partial charge on any atom is -0.490 e. The zero-order valence-electron chi connectivity index (χ0n) is 14.9. The van der Waals surface area contributed by atoms with Crippen molar-refractivity contribution < 1.29 is 14.3 Å². The number of anilines is 2. The molecule has 3 rings (SSSR count). The summed E-state index contributed by atoms with van der Waals surface area (Å²) in [6.45, 7) is 7.13. The number of carbonyl (C=O) groups is 1. The Morgan fingerprint density at radius 1 is 1.04 bits per heavy atom. The van der Waals surface area contributed by atoms with Crippen molar-refractivity contribution in [1.29, 1.82) is 0 Å². The predicted molar refractivity (Wildman–Crippen MR) is 99.7 cm³/mol. The van der Waals surface area contributed by atoms with Crippen LogP contribution in [0.4, 0.5) is 11.4 Å². The number of nitrogens with one attached hydrogen (secondary N) is 2. The van der Waals surface area contributed by atoms with Gasteiger partial charge in [0.2, 0.25) is 5.91 Å². The molecule has 132 valence electrons. The van der Waals surface area contributed by atoms with E-state index >= 15 is 0 Å². The number of aryl methyl sites for hydroxylation is 2. The maximum absolute atomic E-state index is 12.5. The maximum Gasteiger partial charge on any atom is 0.246 e. The van der Waals surface area contributed by atoms with Crippen LogP contribution in [0.2, 0.25) is 0 Å². The molecule has 0 radical (unpaired) electrons. The molecule has 1 heterocycles. The average Bonchev–Trinajstić information content (AvgIpc) is 2.83. The van der Waals surface area contributed by atoms with Gasteiger partial charge in [-0.25, -0.2) is 0 Å². The van der Waals surface area contributed by atoms with Crippen molar-refractivity contribution in [3.63, 3.8) is 0 Å². The van der Waals surface area contributed by atoms with Gasteiger partial charge in [-0.1, -0.05) is 12.1 Å². The van der Waals surface area contributed by atoms with Gasteiger partial charge in [-0.15, -0.1) is 0 Å².